The zero-order chi connectivity index (χ0) is 12.7. The molecule has 1 aromatic heterocycles. The summed E-state index contributed by atoms with van der Waals surface area (Å²) in [6.07, 6.45) is 4.99. The van der Waals surface area contributed by atoms with E-state index in [9.17, 15) is 0 Å². The molecular weight excluding hydrogens is 212 g/mol. The summed E-state index contributed by atoms with van der Waals surface area (Å²) in [7, 11) is 0. The van der Waals surface area contributed by atoms with Crippen molar-refractivity contribution >= 4 is 0 Å². The molecule has 1 unspecified atom stereocenters. The number of nitrogens with zero attached hydrogens (tertiary/aromatic N) is 2. The van der Waals surface area contributed by atoms with Crippen LogP contribution >= 0.6 is 0 Å². The first-order valence-corrected chi connectivity index (χ1v) is 6.44. The Balaban J connectivity index is 2.01. The third-order valence-electron chi connectivity index (χ3n) is 2.60. The molecule has 0 aliphatic heterocycles. The first kappa shape index (κ1) is 14.2. The number of rotatable bonds is 7. The van der Waals surface area contributed by atoms with Gasteiger partial charge in [-0.3, -0.25) is 4.68 Å². The summed E-state index contributed by atoms with van der Waals surface area (Å²) >= 11 is 0. The van der Waals surface area contributed by atoms with Crippen LogP contribution in [0.4, 0.5) is 0 Å². The van der Waals surface area contributed by atoms with Crippen molar-refractivity contribution in [3.63, 3.8) is 0 Å². The molecule has 1 heterocycles. The maximum Gasteiger partial charge on any atom is 0.0615 e. The second kappa shape index (κ2) is 6.77. The molecule has 0 spiro atoms. The molecule has 0 amide bonds. The van der Waals surface area contributed by atoms with Crippen molar-refractivity contribution in [2.75, 3.05) is 19.6 Å². The Labute approximate surface area is 105 Å². The molecule has 1 atom stereocenters. The zero-order valence-corrected chi connectivity index (χ0v) is 11.5. The van der Waals surface area contributed by atoms with Crippen molar-refractivity contribution in [1.29, 1.82) is 0 Å². The Hall–Kier alpha value is -0.870. The van der Waals surface area contributed by atoms with E-state index in [4.69, 9.17) is 0 Å². The molecular formula is C13H26N4. The van der Waals surface area contributed by atoms with E-state index >= 15 is 0 Å². The molecule has 0 aliphatic carbocycles. The molecule has 0 saturated heterocycles. The van der Waals surface area contributed by atoms with Crippen molar-refractivity contribution in [2.45, 2.75) is 45.7 Å². The van der Waals surface area contributed by atoms with Crippen molar-refractivity contribution in [3.05, 3.63) is 18.5 Å². The highest BCUT2D eigenvalue weighted by molar-refractivity contribution is 4.81. The third kappa shape index (κ3) is 6.44. The predicted octanol–water partition coefficient (Wildman–Crippen LogP) is 1.81. The zero-order valence-electron chi connectivity index (χ0n) is 11.5. The molecule has 1 aromatic rings. The fraction of sp³-hybridized carbons (Fsp3) is 0.769. The SMILES string of the molecule is CC(CNCCCNC(C)(C)C)n1cccn1. The largest absolute Gasteiger partial charge is 0.315 e. The molecule has 4 nitrogen and oxygen atoms in total. The fourth-order valence-electron chi connectivity index (χ4n) is 1.62. The molecule has 1 rings (SSSR count). The van der Waals surface area contributed by atoms with Gasteiger partial charge < -0.3 is 10.6 Å². The Bertz CT molecular complexity index is 287. The smallest absolute Gasteiger partial charge is 0.0615 e. The second-order valence-corrected chi connectivity index (χ2v) is 5.57. The molecule has 0 radical (unpaired) electrons. The van der Waals surface area contributed by atoms with Crippen molar-refractivity contribution in [2.24, 2.45) is 0 Å². The Morgan fingerprint density at radius 3 is 2.65 bits per heavy atom. The predicted molar refractivity (Wildman–Crippen MR) is 72.2 cm³/mol. The van der Waals surface area contributed by atoms with Crippen LogP contribution in [-0.4, -0.2) is 35.0 Å². The number of aromatic nitrogens is 2. The van der Waals surface area contributed by atoms with Crippen LogP contribution in [-0.2, 0) is 0 Å². The lowest BCUT2D eigenvalue weighted by Gasteiger charge is -2.20. The summed E-state index contributed by atoms with van der Waals surface area (Å²) < 4.78 is 1.99. The fourth-order valence-corrected chi connectivity index (χ4v) is 1.62. The maximum atomic E-state index is 4.23. The van der Waals surface area contributed by atoms with Gasteiger partial charge in [0.25, 0.3) is 0 Å². The van der Waals surface area contributed by atoms with E-state index in [1.165, 1.54) is 0 Å². The van der Waals surface area contributed by atoms with Crippen molar-refractivity contribution in [1.82, 2.24) is 20.4 Å². The average Bonchev–Trinajstić information content (AvgIpc) is 2.74. The monoisotopic (exact) mass is 238 g/mol. The molecule has 0 fully saturated rings. The highest BCUT2D eigenvalue weighted by atomic mass is 15.3. The lowest BCUT2D eigenvalue weighted by atomic mass is 10.1. The summed E-state index contributed by atoms with van der Waals surface area (Å²) in [5.41, 5.74) is 0.225. The summed E-state index contributed by atoms with van der Waals surface area (Å²) in [6, 6.07) is 2.38. The van der Waals surface area contributed by atoms with Gasteiger partial charge in [-0.15, -0.1) is 0 Å². The van der Waals surface area contributed by atoms with E-state index in [1.54, 1.807) is 0 Å². The quantitative estimate of drug-likeness (QED) is 0.712. The molecule has 0 saturated carbocycles. The van der Waals surface area contributed by atoms with Gasteiger partial charge >= 0.3 is 0 Å². The molecule has 0 bridgehead atoms. The summed E-state index contributed by atoms with van der Waals surface area (Å²) in [4.78, 5) is 0. The average molecular weight is 238 g/mol. The van der Waals surface area contributed by atoms with Gasteiger partial charge in [0, 0.05) is 24.5 Å². The van der Waals surface area contributed by atoms with Crippen molar-refractivity contribution < 1.29 is 0 Å². The Morgan fingerprint density at radius 2 is 2.06 bits per heavy atom. The number of nitrogens with one attached hydrogen (secondary N) is 2. The summed E-state index contributed by atoms with van der Waals surface area (Å²) in [5.74, 6) is 0. The van der Waals surface area contributed by atoms with Crippen LogP contribution in [0.25, 0.3) is 0 Å². The van der Waals surface area contributed by atoms with E-state index in [-0.39, 0.29) is 5.54 Å². The van der Waals surface area contributed by atoms with E-state index in [0.717, 1.165) is 26.1 Å². The number of hydrogen-bond acceptors (Lipinski definition) is 3. The van der Waals surface area contributed by atoms with Gasteiger partial charge in [0.2, 0.25) is 0 Å². The van der Waals surface area contributed by atoms with Crippen LogP contribution in [0.3, 0.4) is 0 Å². The lowest BCUT2D eigenvalue weighted by Crippen LogP contribution is -2.37. The third-order valence-corrected chi connectivity index (χ3v) is 2.60. The van der Waals surface area contributed by atoms with E-state index in [0.29, 0.717) is 6.04 Å². The van der Waals surface area contributed by atoms with Gasteiger partial charge in [0.15, 0.2) is 0 Å². The minimum Gasteiger partial charge on any atom is -0.315 e. The van der Waals surface area contributed by atoms with Gasteiger partial charge in [0.05, 0.1) is 6.04 Å². The number of hydrogen-bond donors (Lipinski definition) is 2. The summed E-state index contributed by atoms with van der Waals surface area (Å²) in [6.45, 7) is 11.8. The van der Waals surface area contributed by atoms with Gasteiger partial charge in [0.1, 0.15) is 0 Å². The topological polar surface area (TPSA) is 41.9 Å². The van der Waals surface area contributed by atoms with Crippen LogP contribution in [0.15, 0.2) is 18.5 Å². The molecule has 4 heteroatoms. The highest BCUT2D eigenvalue weighted by Crippen LogP contribution is 2.01. The minimum absolute atomic E-state index is 0.225. The maximum absolute atomic E-state index is 4.23. The first-order chi connectivity index (χ1) is 7.99. The van der Waals surface area contributed by atoms with Crippen LogP contribution in [0.5, 0.6) is 0 Å². The molecule has 98 valence electrons. The van der Waals surface area contributed by atoms with Crippen LogP contribution in [0.1, 0.15) is 40.2 Å². The van der Waals surface area contributed by atoms with E-state index in [2.05, 4.69) is 43.4 Å². The Morgan fingerprint density at radius 1 is 1.29 bits per heavy atom. The molecule has 0 aromatic carbocycles. The summed E-state index contributed by atoms with van der Waals surface area (Å²) in [5, 5.41) is 11.2. The second-order valence-electron chi connectivity index (χ2n) is 5.57. The van der Waals surface area contributed by atoms with Crippen LogP contribution in [0, 0.1) is 0 Å². The van der Waals surface area contributed by atoms with E-state index < -0.39 is 0 Å². The van der Waals surface area contributed by atoms with Crippen LogP contribution in [0.2, 0.25) is 0 Å². The minimum atomic E-state index is 0.225. The Kier molecular flexibility index (Phi) is 5.65. The van der Waals surface area contributed by atoms with E-state index in [1.807, 2.05) is 23.1 Å². The van der Waals surface area contributed by atoms with Gasteiger partial charge in [-0.05, 0) is 53.3 Å². The van der Waals surface area contributed by atoms with Gasteiger partial charge in [-0.2, -0.15) is 5.10 Å². The molecule has 2 N–H and O–H groups in total. The van der Waals surface area contributed by atoms with Crippen LogP contribution < -0.4 is 10.6 Å². The highest BCUT2D eigenvalue weighted by Gasteiger charge is 2.07. The van der Waals surface area contributed by atoms with Gasteiger partial charge in [-0.25, -0.2) is 0 Å². The molecule has 0 aliphatic rings. The van der Waals surface area contributed by atoms with Crippen molar-refractivity contribution in [3.8, 4) is 0 Å². The lowest BCUT2D eigenvalue weighted by molar-refractivity contribution is 0.409. The van der Waals surface area contributed by atoms with Gasteiger partial charge in [-0.1, -0.05) is 0 Å². The first-order valence-electron chi connectivity index (χ1n) is 6.44. The normalized spacial score (nSPS) is 13.9. The standard InChI is InChI=1S/C13H26N4/c1-12(17-10-6-9-16-17)11-14-7-5-8-15-13(2,3)4/h6,9-10,12,14-15H,5,7-8,11H2,1-4H3. The molecule has 17 heavy (non-hydrogen) atoms.